The van der Waals surface area contributed by atoms with Gasteiger partial charge in [-0.05, 0) is 39.2 Å². The molecule has 24 heavy (non-hydrogen) atoms. The fourth-order valence-corrected chi connectivity index (χ4v) is 2.85. The van der Waals surface area contributed by atoms with Gasteiger partial charge in [0.25, 0.3) is 11.8 Å². The summed E-state index contributed by atoms with van der Waals surface area (Å²) < 4.78 is 1.46. The van der Waals surface area contributed by atoms with Gasteiger partial charge < -0.3 is 10.6 Å². The average Bonchev–Trinajstić information content (AvgIpc) is 2.52. The lowest BCUT2D eigenvalue weighted by molar-refractivity contribution is -0.129. The van der Waals surface area contributed by atoms with Gasteiger partial charge in [-0.3, -0.25) is 12.7 Å². The SMILES string of the molecule is CCCCC(CCCC)NC(C(=O)N[C@@H](C)C(=O)N(C)I)=C(C)C. The maximum Gasteiger partial charge on any atom is 0.267 e. The van der Waals surface area contributed by atoms with Crippen LogP contribution >= 0.6 is 22.9 Å². The zero-order valence-corrected chi connectivity index (χ0v) is 18.2. The summed E-state index contributed by atoms with van der Waals surface area (Å²) in [5, 5.41) is 6.24. The van der Waals surface area contributed by atoms with Gasteiger partial charge >= 0.3 is 0 Å². The lowest BCUT2D eigenvalue weighted by Crippen LogP contribution is -2.46. The summed E-state index contributed by atoms with van der Waals surface area (Å²) in [6.07, 6.45) is 6.71. The predicted octanol–water partition coefficient (Wildman–Crippen LogP) is 3.93. The normalized spacial score (nSPS) is 11.8. The molecule has 0 aromatic carbocycles. The second-order valence-electron chi connectivity index (χ2n) is 6.51. The summed E-state index contributed by atoms with van der Waals surface area (Å²) in [5.41, 5.74) is 1.54. The molecule has 0 heterocycles. The Hall–Kier alpha value is -0.790. The maximum absolute atomic E-state index is 12.6. The number of nitrogens with zero attached hydrogens (tertiary/aromatic N) is 1. The van der Waals surface area contributed by atoms with E-state index in [0.717, 1.165) is 44.1 Å². The first kappa shape index (κ1) is 23.2. The van der Waals surface area contributed by atoms with Crippen LogP contribution in [0.25, 0.3) is 0 Å². The first-order valence-electron chi connectivity index (χ1n) is 8.92. The van der Waals surface area contributed by atoms with Gasteiger partial charge in [0.2, 0.25) is 0 Å². The predicted molar refractivity (Wildman–Crippen MR) is 109 cm³/mol. The Morgan fingerprint density at radius 3 is 1.92 bits per heavy atom. The van der Waals surface area contributed by atoms with Crippen LogP contribution in [0.1, 0.15) is 73.1 Å². The Kier molecular flexibility index (Phi) is 12.1. The van der Waals surface area contributed by atoms with Gasteiger partial charge in [0.1, 0.15) is 6.04 Å². The molecular formula is C18H34IN3O2. The van der Waals surface area contributed by atoms with E-state index in [9.17, 15) is 9.59 Å². The number of allylic oxidation sites excluding steroid dienone is 1. The van der Waals surface area contributed by atoms with Gasteiger partial charge in [0, 0.05) is 13.1 Å². The molecule has 2 amide bonds. The number of amides is 2. The minimum Gasteiger partial charge on any atom is -0.378 e. The molecule has 0 saturated heterocycles. The number of halogens is 1. The van der Waals surface area contributed by atoms with Crippen LogP contribution in [0.5, 0.6) is 0 Å². The van der Waals surface area contributed by atoms with Crippen LogP contribution in [-0.2, 0) is 9.59 Å². The van der Waals surface area contributed by atoms with Crippen molar-refractivity contribution in [2.24, 2.45) is 0 Å². The van der Waals surface area contributed by atoms with Crippen molar-refractivity contribution in [2.75, 3.05) is 7.05 Å². The number of carbonyl (C=O) groups excluding carboxylic acids is 2. The smallest absolute Gasteiger partial charge is 0.267 e. The second-order valence-corrected chi connectivity index (χ2v) is 7.96. The molecule has 0 aromatic rings. The van der Waals surface area contributed by atoms with E-state index in [0.29, 0.717) is 11.7 Å². The monoisotopic (exact) mass is 451 g/mol. The third kappa shape index (κ3) is 8.89. The van der Waals surface area contributed by atoms with Gasteiger partial charge in [-0.25, -0.2) is 0 Å². The number of unbranched alkanes of at least 4 members (excludes halogenated alkanes) is 2. The Bertz CT molecular complexity index is 424. The second kappa shape index (κ2) is 12.6. The Labute approximate surface area is 161 Å². The van der Waals surface area contributed by atoms with E-state index in [1.807, 2.05) is 36.7 Å². The molecule has 0 aromatic heterocycles. The molecule has 140 valence electrons. The average molecular weight is 451 g/mol. The maximum atomic E-state index is 12.6. The highest BCUT2D eigenvalue weighted by Gasteiger charge is 2.22. The Morgan fingerprint density at radius 2 is 1.54 bits per heavy atom. The summed E-state index contributed by atoms with van der Waals surface area (Å²) in [7, 11) is 1.68. The number of carbonyl (C=O) groups is 2. The molecule has 0 saturated carbocycles. The molecule has 5 nitrogen and oxygen atoms in total. The standard InChI is InChI=1S/C18H34IN3O2/c1-7-9-11-15(12-10-8-2)21-16(13(3)4)17(23)20-14(5)18(24)22(6)19/h14-15,21H,7-12H2,1-6H3,(H,20,23)/t14-/m0/s1. The van der Waals surface area contributed by atoms with E-state index in [1.54, 1.807) is 14.0 Å². The zero-order chi connectivity index (χ0) is 18.7. The molecule has 0 rings (SSSR count). The molecule has 0 aliphatic heterocycles. The van der Waals surface area contributed by atoms with Gasteiger partial charge in [-0.1, -0.05) is 39.5 Å². The number of rotatable bonds is 11. The van der Waals surface area contributed by atoms with Gasteiger partial charge in [-0.2, -0.15) is 0 Å². The van der Waals surface area contributed by atoms with Crippen LogP contribution < -0.4 is 10.6 Å². The molecule has 0 aliphatic carbocycles. The lowest BCUT2D eigenvalue weighted by atomic mass is 10.0. The third-order valence-corrected chi connectivity index (χ3v) is 4.38. The summed E-state index contributed by atoms with van der Waals surface area (Å²) in [4.78, 5) is 24.5. The molecule has 6 heteroatoms. The van der Waals surface area contributed by atoms with Crippen LogP contribution in [0.2, 0.25) is 0 Å². The van der Waals surface area contributed by atoms with Crippen LogP contribution in [-0.4, -0.2) is 34.1 Å². The molecule has 0 bridgehead atoms. The van der Waals surface area contributed by atoms with Crippen LogP contribution in [0.3, 0.4) is 0 Å². The fraction of sp³-hybridized carbons (Fsp3) is 0.778. The van der Waals surface area contributed by atoms with Crippen molar-refractivity contribution in [3.8, 4) is 0 Å². The third-order valence-electron chi connectivity index (χ3n) is 3.91. The van der Waals surface area contributed by atoms with Crippen molar-refractivity contribution in [3.05, 3.63) is 11.3 Å². The highest BCUT2D eigenvalue weighted by molar-refractivity contribution is 14.1. The van der Waals surface area contributed by atoms with Crippen LogP contribution in [0.4, 0.5) is 0 Å². The summed E-state index contributed by atoms with van der Waals surface area (Å²) in [5.74, 6) is -0.322. The van der Waals surface area contributed by atoms with Crippen molar-refractivity contribution in [1.82, 2.24) is 13.7 Å². The minimum absolute atomic E-state index is 0.120. The fourth-order valence-electron chi connectivity index (χ4n) is 2.43. The summed E-state index contributed by atoms with van der Waals surface area (Å²) >= 11 is 1.92. The Balaban J connectivity index is 4.96. The zero-order valence-electron chi connectivity index (χ0n) is 16.0. The van der Waals surface area contributed by atoms with E-state index in [1.165, 1.54) is 3.11 Å². The summed E-state index contributed by atoms with van der Waals surface area (Å²) in [6, 6.07) is -0.237. The van der Waals surface area contributed by atoms with E-state index >= 15 is 0 Å². The largest absolute Gasteiger partial charge is 0.378 e. The summed E-state index contributed by atoms with van der Waals surface area (Å²) in [6.45, 7) is 9.92. The van der Waals surface area contributed by atoms with Crippen LogP contribution in [0.15, 0.2) is 11.3 Å². The molecule has 0 fully saturated rings. The van der Waals surface area contributed by atoms with Gasteiger partial charge in [0.05, 0.1) is 28.6 Å². The van der Waals surface area contributed by atoms with E-state index in [-0.39, 0.29) is 11.8 Å². The first-order chi connectivity index (χ1) is 11.2. The van der Waals surface area contributed by atoms with Gasteiger partial charge in [-0.15, -0.1) is 0 Å². The van der Waals surface area contributed by atoms with Gasteiger partial charge in [0.15, 0.2) is 0 Å². The number of hydrogen-bond donors (Lipinski definition) is 2. The first-order valence-corrected chi connectivity index (χ1v) is 9.89. The van der Waals surface area contributed by atoms with E-state index in [2.05, 4.69) is 24.5 Å². The van der Waals surface area contributed by atoms with Crippen molar-refractivity contribution in [3.63, 3.8) is 0 Å². The number of hydrogen-bond acceptors (Lipinski definition) is 3. The van der Waals surface area contributed by atoms with Crippen LogP contribution in [0, 0.1) is 0 Å². The minimum atomic E-state index is -0.541. The molecule has 0 unspecified atom stereocenters. The quantitative estimate of drug-likeness (QED) is 0.284. The van der Waals surface area contributed by atoms with E-state index in [4.69, 9.17) is 0 Å². The Morgan fingerprint density at radius 1 is 1.04 bits per heavy atom. The molecule has 0 radical (unpaired) electrons. The van der Waals surface area contributed by atoms with E-state index < -0.39 is 6.04 Å². The molecule has 2 N–H and O–H groups in total. The molecule has 1 atom stereocenters. The highest BCUT2D eigenvalue weighted by Crippen LogP contribution is 2.12. The number of likely N-dealkylation sites (N-methyl/N-ethyl adjacent to an activating group) is 1. The van der Waals surface area contributed by atoms with Crippen molar-refractivity contribution < 1.29 is 9.59 Å². The highest BCUT2D eigenvalue weighted by atomic mass is 127. The van der Waals surface area contributed by atoms with Crippen molar-refractivity contribution in [2.45, 2.75) is 85.2 Å². The van der Waals surface area contributed by atoms with Crippen molar-refractivity contribution in [1.29, 1.82) is 0 Å². The molecular weight excluding hydrogens is 417 g/mol. The molecule has 0 aliphatic rings. The van der Waals surface area contributed by atoms with Crippen molar-refractivity contribution >= 4 is 34.7 Å². The lowest BCUT2D eigenvalue weighted by Gasteiger charge is -2.24. The number of nitrogens with one attached hydrogen (secondary N) is 2. The molecule has 0 spiro atoms. The topological polar surface area (TPSA) is 61.4 Å².